The van der Waals surface area contributed by atoms with E-state index in [2.05, 4.69) is 17.0 Å². The third-order valence-electron chi connectivity index (χ3n) is 6.42. The van der Waals surface area contributed by atoms with Crippen LogP contribution in [0.4, 0.5) is 10.1 Å². The van der Waals surface area contributed by atoms with Gasteiger partial charge in [0.15, 0.2) is 23.9 Å². The molecule has 1 heterocycles. The summed E-state index contributed by atoms with van der Waals surface area (Å²) in [5.74, 6) is 0.0708. The molecule has 0 saturated heterocycles. The van der Waals surface area contributed by atoms with Gasteiger partial charge in [-0.3, -0.25) is 9.59 Å². The molecule has 216 valence electrons. The lowest BCUT2D eigenvalue weighted by atomic mass is 10.1. The average Bonchev–Trinajstić information content (AvgIpc) is 3.02. The van der Waals surface area contributed by atoms with E-state index in [1.807, 2.05) is 49.4 Å². The van der Waals surface area contributed by atoms with Crippen LogP contribution in [0.2, 0.25) is 0 Å². The number of carbonyl (C=O) groups is 1. The van der Waals surface area contributed by atoms with Crippen molar-refractivity contribution in [3.8, 4) is 22.9 Å². The summed E-state index contributed by atoms with van der Waals surface area (Å²) in [7, 11) is 0. The van der Waals surface area contributed by atoms with Crippen molar-refractivity contribution in [2.75, 3.05) is 18.5 Å². The molecule has 1 aromatic heterocycles. The Kier molecular flexibility index (Phi) is 9.02. The number of hydrogen-bond donors (Lipinski definition) is 1. The predicted octanol–water partition coefficient (Wildman–Crippen LogP) is 6.23. The number of nitrogens with one attached hydrogen (secondary N) is 1. The number of para-hydroxylation sites is 2. The van der Waals surface area contributed by atoms with E-state index in [0.717, 1.165) is 5.56 Å². The van der Waals surface area contributed by atoms with Crippen LogP contribution >= 0.6 is 0 Å². The van der Waals surface area contributed by atoms with Gasteiger partial charge in [-0.25, -0.2) is 9.37 Å². The summed E-state index contributed by atoms with van der Waals surface area (Å²) in [6, 6.07) is 25.9. The largest absolute Gasteiger partial charge is 0.490 e. The molecule has 4 aromatic carbocycles. The fourth-order valence-electron chi connectivity index (χ4n) is 4.51. The van der Waals surface area contributed by atoms with Gasteiger partial charge >= 0.3 is 0 Å². The lowest BCUT2D eigenvalue weighted by Gasteiger charge is -2.17. The fourth-order valence-corrected chi connectivity index (χ4v) is 4.51. The lowest BCUT2D eigenvalue weighted by molar-refractivity contribution is -0.118. The molecule has 0 bridgehead atoms. The molecule has 5 aromatic rings. The number of nitrogens with zero attached hydrogens (tertiary/aromatic N) is 3. The van der Waals surface area contributed by atoms with Gasteiger partial charge in [0, 0.05) is 11.1 Å². The zero-order valence-electron chi connectivity index (χ0n) is 23.5. The van der Waals surface area contributed by atoms with Crippen LogP contribution in [0.25, 0.3) is 22.3 Å². The second kappa shape index (κ2) is 13.4. The van der Waals surface area contributed by atoms with Gasteiger partial charge in [-0.2, -0.15) is 9.78 Å². The first-order chi connectivity index (χ1) is 21.0. The summed E-state index contributed by atoms with van der Waals surface area (Å²) in [5, 5.41) is 7.51. The molecule has 0 aliphatic heterocycles. The van der Waals surface area contributed by atoms with E-state index in [4.69, 9.17) is 14.5 Å². The number of rotatable bonds is 11. The standard InChI is InChI=1S/C34H29FN4O4/c1-3-12-25-19-23(20-30(42-4-2)32(25)43-22-31(40)37-29-18-11-9-16-27(29)35)21-36-39-33(24-13-6-5-7-14-24)38-28-17-10-8-15-26(28)34(39)41/h3,5-11,13-21H,1,4,12,22H2,2H3,(H,37,40). The van der Waals surface area contributed by atoms with Gasteiger partial charge in [-0.15, -0.1) is 6.58 Å². The number of halogens is 1. The van der Waals surface area contributed by atoms with Gasteiger partial charge < -0.3 is 14.8 Å². The van der Waals surface area contributed by atoms with Crippen LogP contribution in [0.15, 0.2) is 114 Å². The minimum absolute atomic E-state index is 0.0623. The molecule has 0 aliphatic carbocycles. The third kappa shape index (κ3) is 6.68. The predicted molar refractivity (Wildman–Crippen MR) is 166 cm³/mol. The highest BCUT2D eigenvalue weighted by molar-refractivity contribution is 5.92. The molecule has 0 atom stereocenters. The van der Waals surface area contributed by atoms with Gasteiger partial charge in [0.25, 0.3) is 11.5 Å². The molecule has 43 heavy (non-hydrogen) atoms. The summed E-state index contributed by atoms with van der Waals surface area (Å²) in [4.78, 5) is 30.8. The Bertz CT molecular complexity index is 1870. The first kappa shape index (κ1) is 28.9. The van der Waals surface area contributed by atoms with Crippen molar-refractivity contribution >= 4 is 28.7 Å². The summed E-state index contributed by atoms with van der Waals surface area (Å²) in [6.45, 7) is 5.63. The fraction of sp³-hybridized carbons (Fsp3) is 0.118. The zero-order chi connectivity index (χ0) is 30.2. The van der Waals surface area contributed by atoms with Gasteiger partial charge in [-0.05, 0) is 55.3 Å². The number of allylic oxidation sites excluding steroid dienone is 1. The Balaban J connectivity index is 1.50. The quantitative estimate of drug-likeness (QED) is 0.149. The number of ether oxygens (including phenoxy) is 2. The van der Waals surface area contributed by atoms with Crippen molar-refractivity contribution in [1.29, 1.82) is 0 Å². The molecular formula is C34H29FN4O4. The monoisotopic (exact) mass is 576 g/mol. The maximum absolute atomic E-state index is 14.0. The Morgan fingerprint density at radius 3 is 2.53 bits per heavy atom. The second-order valence-corrected chi connectivity index (χ2v) is 9.43. The van der Waals surface area contributed by atoms with E-state index >= 15 is 0 Å². The van der Waals surface area contributed by atoms with E-state index in [0.29, 0.717) is 52.4 Å². The first-order valence-corrected chi connectivity index (χ1v) is 13.7. The molecule has 1 N–H and O–H groups in total. The highest BCUT2D eigenvalue weighted by Gasteiger charge is 2.16. The molecule has 5 rings (SSSR count). The van der Waals surface area contributed by atoms with Crippen molar-refractivity contribution in [1.82, 2.24) is 9.66 Å². The number of hydrogen-bond acceptors (Lipinski definition) is 6. The molecular weight excluding hydrogens is 547 g/mol. The van der Waals surface area contributed by atoms with E-state index in [1.54, 1.807) is 42.6 Å². The molecule has 0 saturated carbocycles. The van der Waals surface area contributed by atoms with E-state index in [-0.39, 0.29) is 17.9 Å². The summed E-state index contributed by atoms with van der Waals surface area (Å²) < 4.78 is 27.0. The zero-order valence-corrected chi connectivity index (χ0v) is 23.5. The number of benzene rings is 4. The van der Waals surface area contributed by atoms with Crippen LogP contribution in [0.5, 0.6) is 11.5 Å². The highest BCUT2D eigenvalue weighted by atomic mass is 19.1. The van der Waals surface area contributed by atoms with Crippen LogP contribution in [0.1, 0.15) is 18.1 Å². The Hall–Kier alpha value is -5.57. The SMILES string of the molecule is C=CCc1cc(C=Nn2c(-c3ccccc3)nc3ccccc3c2=O)cc(OCC)c1OCC(=O)Nc1ccccc1F. The van der Waals surface area contributed by atoms with Crippen molar-refractivity contribution in [2.24, 2.45) is 5.10 Å². The molecule has 0 radical (unpaired) electrons. The lowest BCUT2D eigenvalue weighted by Crippen LogP contribution is -2.21. The number of amides is 1. The molecule has 0 spiro atoms. The van der Waals surface area contributed by atoms with Gasteiger partial charge in [0.1, 0.15) is 5.82 Å². The minimum atomic E-state index is -0.544. The van der Waals surface area contributed by atoms with Gasteiger partial charge in [0.05, 0.1) is 29.4 Å². The number of fused-ring (bicyclic) bond motifs is 1. The molecule has 0 unspecified atom stereocenters. The number of carbonyl (C=O) groups excluding carboxylic acids is 1. The topological polar surface area (TPSA) is 94.8 Å². The molecule has 9 heteroatoms. The van der Waals surface area contributed by atoms with E-state index in [9.17, 15) is 14.0 Å². The van der Waals surface area contributed by atoms with E-state index in [1.165, 1.54) is 22.9 Å². The second-order valence-electron chi connectivity index (χ2n) is 9.43. The normalized spacial score (nSPS) is 11.0. The van der Waals surface area contributed by atoms with Crippen LogP contribution in [-0.4, -0.2) is 35.0 Å². The Morgan fingerprint density at radius 2 is 1.77 bits per heavy atom. The first-order valence-electron chi connectivity index (χ1n) is 13.7. The highest BCUT2D eigenvalue weighted by Crippen LogP contribution is 2.34. The molecule has 8 nitrogen and oxygen atoms in total. The average molecular weight is 577 g/mol. The van der Waals surface area contributed by atoms with Crippen molar-refractivity contribution in [3.05, 3.63) is 131 Å². The van der Waals surface area contributed by atoms with Gasteiger partial charge in [0.2, 0.25) is 0 Å². The summed E-state index contributed by atoms with van der Waals surface area (Å²) >= 11 is 0. The van der Waals surface area contributed by atoms with Crippen molar-refractivity contribution in [3.63, 3.8) is 0 Å². The minimum Gasteiger partial charge on any atom is -0.490 e. The summed E-state index contributed by atoms with van der Waals surface area (Å²) in [6.07, 6.45) is 3.65. The molecule has 0 aliphatic rings. The van der Waals surface area contributed by atoms with Gasteiger partial charge in [-0.1, -0.05) is 60.7 Å². The van der Waals surface area contributed by atoms with Crippen molar-refractivity contribution in [2.45, 2.75) is 13.3 Å². The number of aromatic nitrogens is 2. The van der Waals surface area contributed by atoms with Crippen molar-refractivity contribution < 1.29 is 18.7 Å². The van der Waals surface area contributed by atoms with Crippen LogP contribution in [0, 0.1) is 5.82 Å². The summed E-state index contributed by atoms with van der Waals surface area (Å²) in [5.41, 5.74) is 2.38. The van der Waals surface area contributed by atoms with Crippen LogP contribution in [0.3, 0.4) is 0 Å². The smallest absolute Gasteiger partial charge is 0.282 e. The Morgan fingerprint density at radius 1 is 1.02 bits per heavy atom. The maximum Gasteiger partial charge on any atom is 0.282 e. The number of anilines is 1. The maximum atomic E-state index is 14.0. The molecule has 0 fully saturated rings. The molecule has 1 amide bonds. The van der Waals surface area contributed by atoms with Crippen LogP contribution < -0.4 is 20.3 Å². The Labute approximate surface area is 247 Å². The third-order valence-corrected chi connectivity index (χ3v) is 6.42. The van der Waals surface area contributed by atoms with Crippen LogP contribution in [-0.2, 0) is 11.2 Å². The van der Waals surface area contributed by atoms with E-state index < -0.39 is 11.7 Å².